The summed E-state index contributed by atoms with van der Waals surface area (Å²) >= 11 is 0. The fourth-order valence-electron chi connectivity index (χ4n) is 4.15. The van der Waals surface area contributed by atoms with Gasteiger partial charge in [-0.05, 0) is 49.3 Å². The molecule has 1 fully saturated rings. The summed E-state index contributed by atoms with van der Waals surface area (Å²) in [4.78, 5) is 39.8. The van der Waals surface area contributed by atoms with Gasteiger partial charge in [-0.15, -0.1) is 0 Å². The van der Waals surface area contributed by atoms with Crippen molar-refractivity contribution in [3.63, 3.8) is 0 Å². The number of hydrogen-bond acceptors (Lipinski definition) is 5. The minimum atomic E-state index is -0.767. The molecule has 30 heavy (non-hydrogen) atoms. The van der Waals surface area contributed by atoms with Gasteiger partial charge in [-0.2, -0.15) is 5.10 Å². The predicted molar refractivity (Wildman–Crippen MR) is 113 cm³/mol. The third kappa shape index (κ3) is 3.78. The molecule has 0 unspecified atom stereocenters. The zero-order chi connectivity index (χ0) is 21.4. The van der Waals surface area contributed by atoms with Crippen molar-refractivity contribution in [1.29, 1.82) is 0 Å². The van der Waals surface area contributed by atoms with Crippen LogP contribution in [0.15, 0.2) is 39.9 Å². The number of nitrogens with zero attached hydrogens (tertiary/aromatic N) is 2. The van der Waals surface area contributed by atoms with Crippen LogP contribution in [0.25, 0.3) is 11.3 Å². The van der Waals surface area contributed by atoms with Gasteiger partial charge < -0.3 is 16.0 Å². The largest absolute Gasteiger partial charge is 0.392 e. The van der Waals surface area contributed by atoms with Gasteiger partial charge >= 0.3 is 5.69 Å². The number of carbonyl (C=O) groups excluding carboxylic acids is 1. The summed E-state index contributed by atoms with van der Waals surface area (Å²) in [6.07, 6.45) is 2.53. The van der Waals surface area contributed by atoms with Crippen molar-refractivity contribution < 1.29 is 4.79 Å². The number of aryl methyl sites for hydroxylation is 2. The standard InChI is InChI=1S/C21H24N6O3/c1-11-9-16(27(2)26-11)13-5-3-12(4-6-13)14-7-8-15(10-14)23-20(29)18-17(22)19(28)25-21(30)24-18/h3-6,9,14-15H,7-8,10,22H2,1-2H3,(H,23,29)(H2,24,25,28,30)/t14-,15+/m0/s1. The van der Waals surface area contributed by atoms with Gasteiger partial charge in [0.1, 0.15) is 11.4 Å². The molecule has 9 nitrogen and oxygen atoms in total. The maximum Gasteiger partial charge on any atom is 0.326 e. The third-order valence-electron chi connectivity index (χ3n) is 5.65. The quantitative estimate of drug-likeness (QED) is 0.517. The van der Waals surface area contributed by atoms with Gasteiger partial charge in [0.25, 0.3) is 11.5 Å². The van der Waals surface area contributed by atoms with E-state index in [-0.39, 0.29) is 17.4 Å². The molecule has 1 aliphatic carbocycles. The number of anilines is 1. The third-order valence-corrected chi connectivity index (χ3v) is 5.65. The molecule has 1 amide bonds. The summed E-state index contributed by atoms with van der Waals surface area (Å²) in [6, 6.07) is 10.4. The van der Waals surface area contributed by atoms with Gasteiger partial charge in [0.2, 0.25) is 0 Å². The highest BCUT2D eigenvalue weighted by molar-refractivity contribution is 5.96. The van der Waals surface area contributed by atoms with Crippen LogP contribution >= 0.6 is 0 Å². The molecule has 2 heterocycles. The lowest BCUT2D eigenvalue weighted by Crippen LogP contribution is -2.37. The van der Waals surface area contributed by atoms with E-state index >= 15 is 0 Å². The van der Waals surface area contributed by atoms with Crippen molar-refractivity contribution in [1.82, 2.24) is 25.1 Å². The molecule has 0 aliphatic heterocycles. The topological polar surface area (TPSA) is 139 Å². The van der Waals surface area contributed by atoms with E-state index < -0.39 is 17.2 Å². The first-order valence-corrected chi connectivity index (χ1v) is 9.85. The highest BCUT2D eigenvalue weighted by Crippen LogP contribution is 2.35. The number of amides is 1. The second kappa shape index (κ2) is 7.66. The summed E-state index contributed by atoms with van der Waals surface area (Å²) in [5.74, 6) is -0.212. The Bertz CT molecular complexity index is 1200. The summed E-state index contributed by atoms with van der Waals surface area (Å²) in [5, 5.41) is 7.27. The molecule has 0 radical (unpaired) electrons. The van der Waals surface area contributed by atoms with Gasteiger partial charge in [0.15, 0.2) is 0 Å². The number of aromatic amines is 2. The van der Waals surface area contributed by atoms with E-state index in [1.165, 1.54) is 5.56 Å². The summed E-state index contributed by atoms with van der Waals surface area (Å²) in [6.45, 7) is 1.97. The minimum Gasteiger partial charge on any atom is -0.392 e. The zero-order valence-corrected chi connectivity index (χ0v) is 16.9. The molecule has 9 heteroatoms. The van der Waals surface area contributed by atoms with Gasteiger partial charge in [0, 0.05) is 13.1 Å². The molecule has 2 atom stereocenters. The normalized spacial score (nSPS) is 18.5. The number of aromatic nitrogens is 4. The number of carbonyl (C=O) groups is 1. The van der Waals surface area contributed by atoms with Gasteiger partial charge in [-0.25, -0.2) is 4.79 Å². The van der Waals surface area contributed by atoms with Crippen LogP contribution in [0, 0.1) is 6.92 Å². The van der Waals surface area contributed by atoms with Crippen LogP contribution in [0.4, 0.5) is 5.69 Å². The molecule has 2 aromatic heterocycles. The van der Waals surface area contributed by atoms with Crippen LogP contribution in [0.3, 0.4) is 0 Å². The summed E-state index contributed by atoms with van der Waals surface area (Å²) < 4.78 is 1.87. The van der Waals surface area contributed by atoms with E-state index in [0.29, 0.717) is 5.92 Å². The molecule has 4 rings (SSSR count). The molecule has 1 saturated carbocycles. The summed E-state index contributed by atoms with van der Waals surface area (Å²) in [7, 11) is 1.93. The molecule has 3 aromatic rings. The number of nitrogens with one attached hydrogen (secondary N) is 3. The van der Waals surface area contributed by atoms with E-state index in [2.05, 4.69) is 45.7 Å². The van der Waals surface area contributed by atoms with Crippen LogP contribution in [-0.4, -0.2) is 31.7 Å². The van der Waals surface area contributed by atoms with Crippen LogP contribution < -0.4 is 22.3 Å². The Labute approximate surface area is 172 Å². The lowest BCUT2D eigenvalue weighted by atomic mass is 9.96. The van der Waals surface area contributed by atoms with Crippen molar-refractivity contribution in [2.75, 3.05) is 5.73 Å². The Kier molecular flexibility index (Phi) is 5.03. The van der Waals surface area contributed by atoms with Crippen molar-refractivity contribution in [2.24, 2.45) is 7.05 Å². The molecule has 156 valence electrons. The van der Waals surface area contributed by atoms with Gasteiger partial charge in [0.05, 0.1) is 11.4 Å². The number of nitrogens with two attached hydrogens (primary N) is 1. The highest BCUT2D eigenvalue weighted by atomic mass is 16.2. The van der Waals surface area contributed by atoms with Crippen LogP contribution in [0.2, 0.25) is 0 Å². The zero-order valence-electron chi connectivity index (χ0n) is 16.9. The Balaban J connectivity index is 1.43. The first-order valence-electron chi connectivity index (χ1n) is 9.85. The first kappa shape index (κ1) is 19.7. The molecule has 5 N–H and O–H groups in total. The first-order chi connectivity index (χ1) is 14.3. The van der Waals surface area contributed by atoms with Crippen molar-refractivity contribution >= 4 is 11.6 Å². The molecular weight excluding hydrogens is 384 g/mol. The fourth-order valence-corrected chi connectivity index (χ4v) is 4.15. The second-order valence-corrected chi connectivity index (χ2v) is 7.79. The number of nitrogen functional groups attached to an aromatic ring is 1. The van der Waals surface area contributed by atoms with Crippen LogP contribution in [0.1, 0.15) is 46.9 Å². The molecule has 0 spiro atoms. The Morgan fingerprint density at radius 1 is 1.20 bits per heavy atom. The molecular formula is C21H24N6O3. The maximum absolute atomic E-state index is 12.5. The fraction of sp³-hybridized carbons (Fsp3) is 0.333. The Morgan fingerprint density at radius 3 is 2.60 bits per heavy atom. The number of benzene rings is 1. The van der Waals surface area contributed by atoms with Crippen molar-refractivity contribution in [3.8, 4) is 11.3 Å². The monoisotopic (exact) mass is 408 g/mol. The average molecular weight is 408 g/mol. The Morgan fingerprint density at radius 2 is 1.93 bits per heavy atom. The molecule has 1 aromatic carbocycles. The van der Waals surface area contributed by atoms with Crippen LogP contribution in [-0.2, 0) is 7.05 Å². The average Bonchev–Trinajstić information content (AvgIpc) is 3.30. The molecule has 0 saturated heterocycles. The maximum atomic E-state index is 12.5. The predicted octanol–water partition coefficient (Wildman–Crippen LogP) is 1.42. The van der Waals surface area contributed by atoms with Gasteiger partial charge in [-0.1, -0.05) is 24.3 Å². The van der Waals surface area contributed by atoms with E-state index in [4.69, 9.17) is 5.73 Å². The molecule has 1 aliphatic rings. The highest BCUT2D eigenvalue weighted by Gasteiger charge is 2.28. The van der Waals surface area contributed by atoms with E-state index in [9.17, 15) is 14.4 Å². The second-order valence-electron chi connectivity index (χ2n) is 7.79. The van der Waals surface area contributed by atoms with Crippen molar-refractivity contribution in [2.45, 2.75) is 38.1 Å². The summed E-state index contributed by atoms with van der Waals surface area (Å²) in [5.41, 5.74) is 8.01. The van der Waals surface area contributed by atoms with E-state index in [1.54, 1.807) is 0 Å². The van der Waals surface area contributed by atoms with E-state index in [1.807, 2.05) is 23.6 Å². The SMILES string of the molecule is Cc1cc(-c2ccc([C@H]3CC[C@@H](NC(=O)c4[nH]c(=O)[nH]c(=O)c4N)C3)cc2)n(C)n1. The lowest BCUT2D eigenvalue weighted by molar-refractivity contribution is 0.0933. The minimum absolute atomic E-state index is 0.0518. The van der Waals surface area contributed by atoms with Gasteiger partial charge in [-0.3, -0.25) is 19.3 Å². The molecule has 0 bridgehead atoms. The number of H-pyrrole nitrogens is 2. The van der Waals surface area contributed by atoms with Crippen molar-refractivity contribution in [3.05, 3.63) is 68.1 Å². The Hall–Kier alpha value is -3.62. The number of hydrogen-bond donors (Lipinski definition) is 4. The number of rotatable bonds is 4. The lowest BCUT2D eigenvalue weighted by Gasteiger charge is -2.14. The van der Waals surface area contributed by atoms with E-state index in [0.717, 1.165) is 36.2 Å². The smallest absolute Gasteiger partial charge is 0.326 e. The van der Waals surface area contributed by atoms with Crippen LogP contribution in [0.5, 0.6) is 0 Å².